The lowest BCUT2D eigenvalue weighted by Crippen LogP contribution is -2.40. The van der Waals surface area contributed by atoms with E-state index in [4.69, 9.17) is 18.9 Å². The Bertz CT molecular complexity index is 4030. The summed E-state index contributed by atoms with van der Waals surface area (Å²) in [5, 5.41) is 229. The van der Waals surface area contributed by atoms with E-state index in [-0.39, 0.29) is 39.1 Å². The van der Waals surface area contributed by atoms with Gasteiger partial charge < -0.3 is 121 Å². The van der Waals surface area contributed by atoms with Gasteiger partial charge in [-0.2, -0.15) is 0 Å². The highest BCUT2D eigenvalue weighted by Gasteiger charge is 2.53. The Morgan fingerprint density at radius 2 is 0.583 bits per heavy atom. The van der Waals surface area contributed by atoms with E-state index in [0.717, 1.165) is 78.9 Å². The first kappa shape index (κ1) is 54.2. The number of ether oxygens (including phenoxy) is 4. The van der Waals surface area contributed by atoms with E-state index in [1.54, 1.807) is 0 Å². The molecule has 0 radical (unpaired) electrons. The second-order valence-corrected chi connectivity index (χ2v) is 21.0. The topological polar surface area (TPSA) is 442 Å². The molecular formula is C60H50O24. The van der Waals surface area contributed by atoms with Crippen molar-refractivity contribution in [2.24, 2.45) is 0 Å². The van der Waals surface area contributed by atoms with Crippen molar-refractivity contribution in [2.75, 3.05) is 0 Å². The van der Waals surface area contributed by atoms with Crippen molar-refractivity contribution in [3.8, 4) is 115 Å². The fraction of sp³-hybridized carbons (Fsp3) is 0.200. The second kappa shape index (κ2) is 19.7. The van der Waals surface area contributed by atoms with Crippen molar-refractivity contribution in [1.82, 2.24) is 0 Å². The number of fused-ring (bicyclic) bond motifs is 4. The Kier molecular flexibility index (Phi) is 12.7. The minimum absolute atomic E-state index is 0.00111. The standard InChI is InChI=1S/C60H50O24/c61-23-13-34(71)42-41(14-23)81-55(20-2-6-26(63)31(68)10-20)51(78)48(42)44-36(73)17-38(75)46-50(53(80)57(83-59(44)46)22-4-8-28(65)33(70)12-22)47-39(76)18-37(74)45-49(52(79)56(84-60(45)47)21-3-7-27(64)32(69)11-21)43-35(72)16-29(66)24-15-40(77)54(82-58(24)43)19-1-5-25(62)30(67)9-19/h1-14,16-18,40,48-57,61-80H,15H2/t40-,48+,49+,50+,51+,52+,53+,54+,55+,56+,57+/m0/s1. The molecule has 8 aromatic rings. The SMILES string of the molecule is Oc1cc(O)c2c(c1)O[C@H](c1ccc(O)c(O)c1)[C@H](O)[C@H]2c1c(O)cc(O)c2c1O[C@H](c1ccc(O)c(O)c1)[C@H](O)[C@H]2c1c(O)cc(O)c2c1O[C@H](c1ccc(O)c(O)c1)[C@H](O)[C@@H]2c1c(O)cc(O)c2c1O[C@H](c1ccc(O)c(O)c1)[C@@H](O)C2. The molecule has 24 heteroatoms. The van der Waals surface area contributed by atoms with Gasteiger partial charge >= 0.3 is 0 Å². The number of hydrogen-bond donors (Lipinski definition) is 20. The van der Waals surface area contributed by atoms with E-state index < -0.39 is 210 Å². The third-order valence-electron chi connectivity index (χ3n) is 16.0. The van der Waals surface area contributed by atoms with Crippen molar-refractivity contribution in [3.05, 3.63) is 164 Å². The number of hydrogen-bond acceptors (Lipinski definition) is 24. The predicted molar refractivity (Wildman–Crippen MR) is 285 cm³/mol. The van der Waals surface area contributed by atoms with Crippen LogP contribution in [0, 0.1) is 0 Å². The maximum atomic E-state index is 13.1. The maximum absolute atomic E-state index is 13.1. The van der Waals surface area contributed by atoms with E-state index in [9.17, 15) is 102 Å². The van der Waals surface area contributed by atoms with Gasteiger partial charge in [0.05, 0.1) is 23.9 Å². The van der Waals surface area contributed by atoms with Gasteiger partial charge in [-0.15, -0.1) is 0 Å². The molecule has 4 heterocycles. The number of aliphatic hydroxyl groups is 4. The minimum atomic E-state index is -2.15. The van der Waals surface area contributed by atoms with Crippen LogP contribution in [0.2, 0.25) is 0 Å². The summed E-state index contributed by atoms with van der Waals surface area (Å²) in [6.07, 6.45) is -14.8. The van der Waals surface area contributed by atoms with Crippen LogP contribution < -0.4 is 18.9 Å². The molecule has 0 spiro atoms. The highest BCUT2D eigenvalue weighted by Crippen LogP contribution is 2.65. The molecule has 0 saturated carbocycles. The van der Waals surface area contributed by atoms with E-state index in [1.807, 2.05) is 0 Å². The van der Waals surface area contributed by atoms with Crippen LogP contribution in [-0.4, -0.2) is 127 Å². The Morgan fingerprint density at radius 1 is 0.274 bits per heavy atom. The Morgan fingerprint density at radius 3 is 0.964 bits per heavy atom. The lowest BCUT2D eigenvalue weighted by Gasteiger charge is -2.44. The molecule has 8 aromatic carbocycles. The molecule has 12 rings (SSSR count). The van der Waals surface area contributed by atoms with Crippen LogP contribution >= 0.6 is 0 Å². The summed E-state index contributed by atoms with van der Waals surface area (Å²) in [5.41, 5.74) is -3.20. The van der Waals surface area contributed by atoms with Gasteiger partial charge in [0.1, 0.15) is 93.4 Å². The zero-order valence-corrected chi connectivity index (χ0v) is 43.0. The smallest absolute Gasteiger partial charge is 0.157 e. The van der Waals surface area contributed by atoms with Crippen LogP contribution in [0.15, 0.2) is 103 Å². The largest absolute Gasteiger partial charge is 0.508 e. The second-order valence-electron chi connectivity index (χ2n) is 21.0. The highest BCUT2D eigenvalue weighted by atomic mass is 16.5. The first-order chi connectivity index (χ1) is 39.9. The summed E-state index contributed by atoms with van der Waals surface area (Å²) in [7, 11) is 0. The van der Waals surface area contributed by atoms with Gasteiger partial charge in [0.15, 0.2) is 64.3 Å². The monoisotopic (exact) mass is 1150 g/mol. The van der Waals surface area contributed by atoms with Crippen molar-refractivity contribution in [3.63, 3.8) is 0 Å². The van der Waals surface area contributed by atoms with Crippen LogP contribution in [0.1, 0.15) is 103 Å². The van der Waals surface area contributed by atoms with Gasteiger partial charge in [-0.3, -0.25) is 0 Å². The first-order valence-corrected chi connectivity index (χ1v) is 25.7. The molecule has 24 nitrogen and oxygen atoms in total. The zero-order chi connectivity index (χ0) is 59.8. The van der Waals surface area contributed by atoms with Crippen LogP contribution in [0.5, 0.6) is 115 Å². The van der Waals surface area contributed by atoms with Crippen LogP contribution in [0.4, 0.5) is 0 Å². The summed E-state index contributed by atoms with van der Waals surface area (Å²) in [6, 6.07) is 17.7. The Labute approximate surface area is 472 Å². The number of benzene rings is 8. The molecule has 434 valence electrons. The fourth-order valence-electron chi connectivity index (χ4n) is 12.2. The molecule has 4 aliphatic rings. The summed E-state index contributed by atoms with van der Waals surface area (Å²) >= 11 is 0. The van der Waals surface area contributed by atoms with Gasteiger partial charge in [0.2, 0.25) is 0 Å². The third-order valence-corrected chi connectivity index (χ3v) is 16.0. The van der Waals surface area contributed by atoms with E-state index in [0.29, 0.717) is 0 Å². The third kappa shape index (κ3) is 8.44. The molecule has 0 fully saturated rings. The van der Waals surface area contributed by atoms with Gasteiger partial charge in [-0.25, -0.2) is 0 Å². The average Bonchev–Trinajstić information content (AvgIpc) is 1.45. The Hall–Kier alpha value is -10.4. The van der Waals surface area contributed by atoms with Gasteiger partial charge in [-0.05, 0) is 70.8 Å². The number of aliphatic hydroxyl groups excluding tert-OH is 4. The fourth-order valence-corrected chi connectivity index (χ4v) is 12.2. The molecule has 0 amide bonds. The Balaban J connectivity index is 1.14. The van der Waals surface area contributed by atoms with Crippen LogP contribution in [0.25, 0.3) is 0 Å². The number of rotatable bonds is 7. The maximum Gasteiger partial charge on any atom is 0.157 e. The molecule has 4 aliphatic heterocycles. The molecule has 20 N–H and O–H groups in total. The molecule has 0 unspecified atom stereocenters. The average molecular weight is 1160 g/mol. The quantitative estimate of drug-likeness (QED) is 0.0827. The van der Waals surface area contributed by atoms with E-state index >= 15 is 0 Å². The number of phenolic OH excluding ortho intramolecular Hbond substituents is 16. The van der Waals surface area contributed by atoms with E-state index in [1.165, 1.54) is 24.3 Å². The number of aromatic hydroxyl groups is 16. The van der Waals surface area contributed by atoms with Gasteiger partial charge in [-0.1, -0.05) is 24.3 Å². The lowest BCUT2D eigenvalue weighted by molar-refractivity contribution is -0.00858. The van der Waals surface area contributed by atoms with Crippen molar-refractivity contribution >= 4 is 0 Å². The van der Waals surface area contributed by atoms with Crippen LogP contribution in [-0.2, 0) is 6.42 Å². The van der Waals surface area contributed by atoms with Crippen molar-refractivity contribution in [1.29, 1.82) is 0 Å². The highest BCUT2D eigenvalue weighted by molar-refractivity contribution is 5.73. The predicted octanol–water partition coefficient (Wildman–Crippen LogP) is 5.89. The molecule has 11 atom stereocenters. The normalized spacial score (nSPS) is 24.0. The van der Waals surface area contributed by atoms with Gasteiger partial charge in [0.25, 0.3) is 0 Å². The van der Waals surface area contributed by atoms with Gasteiger partial charge in [0, 0.05) is 75.7 Å². The molecular weight excluding hydrogens is 1100 g/mol. The number of phenols is 16. The summed E-state index contributed by atoms with van der Waals surface area (Å²) in [4.78, 5) is 0. The molecule has 0 aliphatic carbocycles. The molecule has 84 heavy (non-hydrogen) atoms. The molecule has 0 bridgehead atoms. The minimum Gasteiger partial charge on any atom is -0.508 e. The first-order valence-electron chi connectivity index (χ1n) is 25.7. The van der Waals surface area contributed by atoms with E-state index in [2.05, 4.69) is 0 Å². The van der Waals surface area contributed by atoms with Crippen molar-refractivity contribution in [2.45, 2.75) is 73.0 Å². The van der Waals surface area contributed by atoms with Crippen LogP contribution in [0.3, 0.4) is 0 Å². The molecule has 0 aromatic heterocycles. The zero-order valence-electron chi connectivity index (χ0n) is 43.0. The summed E-state index contributed by atoms with van der Waals surface area (Å²) in [6.45, 7) is 0. The summed E-state index contributed by atoms with van der Waals surface area (Å²) in [5.74, 6) is -19.0. The lowest BCUT2D eigenvalue weighted by atomic mass is 9.72. The van der Waals surface area contributed by atoms with Crippen molar-refractivity contribution < 1.29 is 121 Å². The summed E-state index contributed by atoms with van der Waals surface area (Å²) < 4.78 is 25.8. The molecule has 0 saturated heterocycles.